The summed E-state index contributed by atoms with van der Waals surface area (Å²) >= 11 is 0. The first-order valence-electron chi connectivity index (χ1n) is 3.42. The molecule has 0 fully saturated rings. The highest BCUT2D eigenvalue weighted by atomic mass is 31.2. The lowest BCUT2D eigenvalue weighted by Crippen LogP contribution is -2.03. The van der Waals surface area contributed by atoms with E-state index in [0.29, 0.717) is 0 Å². The van der Waals surface area contributed by atoms with E-state index in [-0.39, 0.29) is 5.44 Å². The van der Waals surface area contributed by atoms with E-state index in [1.165, 1.54) is 17.9 Å². The second kappa shape index (κ2) is 4.35. The fourth-order valence-electron chi connectivity index (χ4n) is 0.469. The van der Waals surface area contributed by atoms with Gasteiger partial charge in [0.1, 0.15) is 0 Å². The summed E-state index contributed by atoms with van der Waals surface area (Å²) in [6.07, 6.45) is 1.18. The monoisotopic (exact) mass is 193 g/mol. The Morgan fingerprint density at radius 2 is 2.00 bits per heavy atom. The molecule has 0 aliphatic heterocycles. The van der Waals surface area contributed by atoms with Crippen molar-refractivity contribution in [1.82, 2.24) is 15.0 Å². The minimum atomic E-state index is -4.19. The lowest BCUT2D eigenvalue weighted by molar-refractivity contribution is 0.386. The van der Waals surface area contributed by atoms with Crippen molar-refractivity contribution < 1.29 is 14.4 Å². The minimum Gasteiger partial charge on any atom is -0.320 e. The van der Waals surface area contributed by atoms with E-state index < -0.39 is 7.60 Å². The van der Waals surface area contributed by atoms with Crippen LogP contribution in [0.15, 0.2) is 6.20 Å². The molecule has 0 atom stereocenters. The van der Waals surface area contributed by atoms with Gasteiger partial charge in [-0.3, -0.25) is 9.25 Å². The standard InChI is InChI=1S/C3H6N3O3P.C2H6/c1-6-2-3(4-5-6)10(7,8)9;1-2/h2H,1H3,(H2,7,8,9);1-2H3. The Morgan fingerprint density at radius 3 is 2.17 bits per heavy atom. The van der Waals surface area contributed by atoms with E-state index in [9.17, 15) is 4.57 Å². The van der Waals surface area contributed by atoms with E-state index in [0.717, 1.165) is 0 Å². The van der Waals surface area contributed by atoms with Gasteiger partial charge in [-0.2, -0.15) is 0 Å². The average molecular weight is 193 g/mol. The molecule has 2 N–H and O–H groups in total. The molecule has 70 valence electrons. The molecule has 1 aromatic heterocycles. The number of hydrogen-bond acceptors (Lipinski definition) is 3. The molecule has 0 aliphatic rings. The van der Waals surface area contributed by atoms with Crippen LogP contribution in [-0.4, -0.2) is 24.8 Å². The maximum atomic E-state index is 10.4. The smallest absolute Gasteiger partial charge is 0.320 e. The highest BCUT2D eigenvalue weighted by Crippen LogP contribution is 2.31. The highest BCUT2D eigenvalue weighted by molar-refractivity contribution is 7.59. The Kier molecular flexibility index (Phi) is 4.09. The van der Waals surface area contributed by atoms with Crippen LogP contribution in [0.25, 0.3) is 0 Å². The van der Waals surface area contributed by atoms with Gasteiger partial charge in [0.05, 0.1) is 6.20 Å². The van der Waals surface area contributed by atoms with Crippen molar-refractivity contribution in [2.75, 3.05) is 0 Å². The highest BCUT2D eigenvalue weighted by Gasteiger charge is 2.20. The summed E-state index contributed by atoms with van der Waals surface area (Å²) in [5.74, 6) is 0. The number of rotatable bonds is 1. The van der Waals surface area contributed by atoms with E-state index >= 15 is 0 Å². The van der Waals surface area contributed by atoms with Gasteiger partial charge in [-0.25, -0.2) is 0 Å². The predicted molar refractivity (Wildman–Crippen MR) is 44.0 cm³/mol. The Hall–Kier alpha value is -0.710. The lowest BCUT2D eigenvalue weighted by Gasteiger charge is -1.93. The zero-order chi connectivity index (χ0) is 9.78. The summed E-state index contributed by atoms with van der Waals surface area (Å²) in [5, 5.41) is 6.59. The summed E-state index contributed by atoms with van der Waals surface area (Å²) in [6, 6.07) is 0. The Bertz CT molecular complexity index is 279. The van der Waals surface area contributed by atoms with Crippen LogP contribution in [0.1, 0.15) is 13.8 Å². The third-order valence-electron chi connectivity index (χ3n) is 0.889. The van der Waals surface area contributed by atoms with E-state index in [1.54, 1.807) is 0 Å². The van der Waals surface area contributed by atoms with Crippen molar-refractivity contribution in [3.63, 3.8) is 0 Å². The molecular weight excluding hydrogens is 181 g/mol. The zero-order valence-corrected chi connectivity index (χ0v) is 8.06. The van der Waals surface area contributed by atoms with Crippen LogP contribution in [0, 0.1) is 0 Å². The summed E-state index contributed by atoms with van der Waals surface area (Å²) in [4.78, 5) is 17.0. The Morgan fingerprint density at radius 1 is 1.50 bits per heavy atom. The molecule has 0 unspecified atom stereocenters. The number of nitrogens with zero attached hydrogens (tertiary/aromatic N) is 3. The van der Waals surface area contributed by atoms with Gasteiger partial charge in [-0.05, 0) is 0 Å². The molecule has 0 bridgehead atoms. The van der Waals surface area contributed by atoms with Crippen LogP contribution >= 0.6 is 7.60 Å². The summed E-state index contributed by atoms with van der Waals surface area (Å²) in [5.41, 5.74) is -0.296. The molecule has 0 aromatic carbocycles. The van der Waals surface area contributed by atoms with Crippen molar-refractivity contribution in [2.45, 2.75) is 13.8 Å². The number of aromatic nitrogens is 3. The quantitative estimate of drug-likeness (QED) is 0.595. The van der Waals surface area contributed by atoms with Crippen LogP contribution in [0.2, 0.25) is 0 Å². The average Bonchev–Trinajstić information content (AvgIpc) is 2.39. The van der Waals surface area contributed by atoms with Gasteiger partial charge >= 0.3 is 7.60 Å². The molecule has 1 heterocycles. The van der Waals surface area contributed by atoms with E-state index in [2.05, 4.69) is 10.3 Å². The second-order valence-electron chi connectivity index (χ2n) is 1.79. The van der Waals surface area contributed by atoms with Gasteiger partial charge in [-0.1, -0.05) is 19.1 Å². The third-order valence-corrected chi connectivity index (χ3v) is 1.69. The van der Waals surface area contributed by atoms with Crippen molar-refractivity contribution >= 4 is 13.0 Å². The van der Waals surface area contributed by atoms with E-state index in [1.807, 2.05) is 13.8 Å². The fraction of sp³-hybridized carbons (Fsp3) is 0.600. The molecule has 12 heavy (non-hydrogen) atoms. The molecule has 0 saturated carbocycles. The van der Waals surface area contributed by atoms with Crippen LogP contribution in [0.3, 0.4) is 0 Å². The molecule has 0 saturated heterocycles. The van der Waals surface area contributed by atoms with Crippen LogP contribution in [0.4, 0.5) is 0 Å². The molecule has 1 rings (SSSR count). The lowest BCUT2D eigenvalue weighted by atomic mass is 10.9. The van der Waals surface area contributed by atoms with Crippen LogP contribution in [-0.2, 0) is 11.6 Å². The molecular formula is C5H12N3O3P. The molecule has 7 heteroatoms. The van der Waals surface area contributed by atoms with Crippen LogP contribution in [0.5, 0.6) is 0 Å². The number of aryl methyl sites for hydroxylation is 1. The molecule has 6 nitrogen and oxygen atoms in total. The first kappa shape index (κ1) is 11.3. The fourth-order valence-corrected chi connectivity index (χ4v) is 0.943. The molecule has 0 aliphatic carbocycles. The van der Waals surface area contributed by atoms with Crippen molar-refractivity contribution in [3.8, 4) is 0 Å². The SMILES string of the molecule is CC.Cn1cc(P(=O)(O)O)nn1. The van der Waals surface area contributed by atoms with Gasteiger partial charge in [0, 0.05) is 7.05 Å². The number of hydrogen-bond donors (Lipinski definition) is 2. The normalized spacial score (nSPS) is 10.4. The van der Waals surface area contributed by atoms with Gasteiger partial charge in [0.15, 0.2) is 5.44 Å². The van der Waals surface area contributed by atoms with E-state index in [4.69, 9.17) is 9.79 Å². The molecule has 0 spiro atoms. The molecule has 0 radical (unpaired) electrons. The first-order valence-corrected chi connectivity index (χ1v) is 5.04. The summed E-state index contributed by atoms with van der Waals surface area (Å²) < 4.78 is 11.7. The van der Waals surface area contributed by atoms with Crippen molar-refractivity contribution in [2.24, 2.45) is 7.05 Å². The first-order chi connectivity index (χ1) is 5.50. The van der Waals surface area contributed by atoms with Gasteiger partial charge in [-0.15, -0.1) is 5.10 Å². The topological polar surface area (TPSA) is 88.2 Å². The Balaban J connectivity index is 0.000000561. The maximum absolute atomic E-state index is 10.4. The van der Waals surface area contributed by atoms with Crippen molar-refractivity contribution in [3.05, 3.63) is 6.20 Å². The largest absolute Gasteiger partial charge is 0.377 e. The van der Waals surface area contributed by atoms with Gasteiger partial charge < -0.3 is 9.79 Å². The van der Waals surface area contributed by atoms with Crippen LogP contribution < -0.4 is 5.44 Å². The second-order valence-corrected chi connectivity index (χ2v) is 3.34. The maximum Gasteiger partial charge on any atom is 0.377 e. The predicted octanol–water partition coefficient (Wildman–Crippen LogP) is -0.356. The third kappa shape index (κ3) is 3.13. The molecule has 0 amide bonds. The van der Waals surface area contributed by atoms with Gasteiger partial charge in [0.2, 0.25) is 0 Å². The molecule has 1 aromatic rings. The Labute approximate surface area is 70.4 Å². The zero-order valence-electron chi connectivity index (χ0n) is 7.17. The summed E-state index contributed by atoms with van der Waals surface area (Å²) in [7, 11) is -2.66. The minimum absolute atomic E-state index is 0.296. The summed E-state index contributed by atoms with van der Waals surface area (Å²) in [6.45, 7) is 4.00. The van der Waals surface area contributed by atoms with Gasteiger partial charge in [0.25, 0.3) is 0 Å². The van der Waals surface area contributed by atoms with Crippen molar-refractivity contribution in [1.29, 1.82) is 0 Å².